The second-order valence-corrected chi connectivity index (χ2v) is 5.32. The zero-order valence-electron chi connectivity index (χ0n) is 12.4. The van der Waals surface area contributed by atoms with Crippen LogP contribution in [0, 0.1) is 13.8 Å². The molecule has 0 aliphatic heterocycles. The fraction of sp³-hybridized carbons (Fsp3) is 0.235. The highest BCUT2D eigenvalue weighted by molar-refractivity contribution is 6.33. The molecule has 21 heavy (non-hydrogen) atoms. The van der Waals surface area contributed by atoms with Gasteiger partial charge in [0.25, 0.3) is 0 Å². The minimum atomic E-state index is -0.435. The number of carbonyl (C=O) groups is 1. The third kappa shape index (κ3) is 3.56. The molecule has 0 saturated heterocycles. The van der Waals surface area contributed by atoms with E-state index >= 15 is 0 Å². The van der Waals surface area contributed by atoms with Crippen LogP contribution < -0.4 is 5.32 Å². The van der Waals surface area contributed by atoms with E-state index in [1.165, 1.54) is 23.8 Å². The Balaban J connectivity index is 2.19. The Morgan fingerprint density at radius 1 is 1.19 bits per heavy atom. The Kier molecular flexibility index (Phi) is 4.86. The molecule has 2 rings (SSSR count). The first kappa shape index (κ1) is 15.4. The Labute approximate surface area is 129 Å². The maximum absolute atomic E-state index is 11.6. The first-order chi connectivity index (χ1) is 10.0. The molecule has 0 saturated carbocycles. The topological polar surface area (TPSA) is 38.3 Å². The van der Waals surface area contributed by atoms with Gasteiger partial charge < -0.3 is 10.1 Å². The quantitative estimate of drug-likeness (QED) is 0.853. The molecular weight excluding hydrogens is 286 g/mol. The van der Waals surface area contributed by atoms with E-state index in [-0.39, 0.29) is 0 Å². The summed E-state index contributed by atoms with van der Waals surface area (Å²) in [4.78, 5) is 11.6. The summed E-state index contributed by atoms with van der Waals surface area (Å²) in [6.07, 6.45) is 0. The maximum Gasteiger partial charge on any atom is 0.339 e. The largest absolute Gasteiger partial charge is 0.465 e. The monoisotopic (exact) mass is 303 g/mol. The van der Waals surface area contributed by atoms with Gasteiger partial charge in [0.1, 0.15) is 0 Å². The molecule has 0 radical (unpaired) electrons. The summed E-state index contributed by atoms with van der Waals surface area (Å²) in [5, 5.41) is 3.71. The Morgan fingerprint density at radius 3 is 2.48 bits per heavy atom. The van der Waals surface area contributed by atoms with E-state index in [1.54, 1.807) is 12.1 Å². The van der Waals surface area contributed by atoms with Crippen molar-refractivity contribution in [3.63, 3.8) is 0 Å². The zero-order chi connectivity index (χ0) is 15.4. The van der Waals surface area contributed by atoms with E-state index < -0.39 is 5.97 Å². The molecule has 0 aromatic heterocycles. The predicted octanol–water partition coefficient (Wildman–Crippen LogP) is 4.36. The molecule has 0 aliphatic carbocycles. The van der Waals surface area contributed by atoms with Gasteiger partial charge in [0.15, 0.2) is 0 Å². The highest BCUT2D eigenvalue weighted by atomic mass is 35.5. The number of benzene rings is 2. The third-order valence-electron chi connectivity index (χ3n) is 3.49. The third-order valence-corrected chi connectivity index (χ3v) is 3.82. The van der Waals surface area contributed by atoms with Gasteiger partial charge in [0.2, 0.25) is 0 Å². The number of nitrogens with one attached hydrogen (secondary N) is 1. The van der Waals surface area contributed by atoms with Crippen molar-refractivity contribution in [3.05, 3.63) is 63.7 Å². The average Bonchev–Trinajstić information content (AvgIpc) is 2.47. The summed E-state index contributed by atoms with van der Waals surface area (Å²) < 4.78 is 4.72. The molecule has 0 amide bonds. The summed E-state index contributed by atoms with van der Waals surface area (Å²) in [6.45, 7) is 4.87. The van der Waals surface area contributed by atoms with Crippen molar-refractivity contribution in [2.45, 2.75) is 20.4 Å². The predicted molar refractivity (Wildman–Crippen MR) is 86.0 cm³/mol. The smallest absolute Gasteiger partial charge is 0.339 e. The Bertz CT molecular complexity index is 648. The van der Waals surface area contributed by atoms with Crippen LogP contribution >= 0.6 is 11.6 Å². The number of ether oxygens (including phenoxy) is 1. The first-order valence-corrected chi connectivity index (χ1v) is 7.07. The van der Waals surface area contributed by atoms with Crippen LogP contribution in [0.25, 0.3) is 0 Å². The molecule has 2 aromatic rings. The van der Waals surface area contributed by atoms with Crippen LogP contribution in [-0.4, -0.2) is 13.1 Å². The Hall–Kier alpha value is -2.00. The van der Waals surface area contributed by atoms with Gasteiger partial charge in [-0.1, -0.05) is 29.8 Å². The van der Waals surface area contributed by atoms with Crippen molar-refractivity contribution in [2.75, 3.05) is 12.4 Å². The van der Waals surface area contributed by atoms with Crippen molar-refractivity contribution in [3.8, 4) is 0 Å². The summed E-state index contributed by atoms with van der Waals surface area (Å²) >= 11 is 6.01. The van der Waals surface area contributed by atoms with Crippen LogP contribution in [0.15, 0.2) is 36.4 Å². The van der Waals surface area contributed by atoms with Crippen LogP contribution in [0.3, 0.4) is 0 Å². The molecule has 0 unspecified atom stereocenters. The van der Waals surface area contributed by atoms with Crippen molar-refractivity contribution >= 4 is 23.3 Å². The number of anilines is 1. The number of hydrogen-bond donors (Lipinski definition) is 1. The molecule has 0 atom stereocenters. The van der Waals surface area contributed by atoms with Gasteiger partial charge >= 0.3 is 5.97 Å². The Morgan fingerprint density at radius 2 is 1.86 bits per heavy atom. The number of halogens is 1. The van der Waals surface area contributed by atoms with Gasteiger partial charge in [-0.3, -0.25) is 0 Å². The first-order valence-electron chi connectivity index (χ1n) is 6.69. The van der Waals surface area contributed by atoms with E-state index in [9.17, 15) is 4.79 Å². The van der Waals surface area contributed by atoms with Gasteiger partial charge in [-0.05, 0) is 48.7 Å². The standard InChI is InChI=1S/C17H18ClNO2/c1-11-5-4-6-12(2)15(11)10-19-13-7-8-16(18)14(9-13)17(20)21-3/h4-9,19H,10H2,1-3H3. The van der Waals surface area contributed by atoms with Crippen molar-refractivity contribution < 1.29 is 9.53 Å². The lowest BCUT2D eigenvalue weighted by atomic mass is 10.0. The number of esters is 1. The molecule has 2 aromatic carbocycles. The highest BCUT2D eigenvalue weighted by Gasteiger charge is 2.11. The number of aryl methyl sites for hydroxylation is 2. The normalized spacial score (nSPS) is 10.3. The van der Waals surface area contributed by atoms with Crippen LogP contribution in [-0.2, 0) is 11.3 Å². The van der Waals surface area contributed by atoms with Gasteiger partial charge in [0.05, 0.1) is 17.7 Å². The van der Waals surface area contributed by atoms with E-state index in [0.29, 0.717) is 17.1 Å². The summed E-state index contributed by atoms with van der Waals surface area (Å²) in [5.74, 6) is -0.435. The molecule has 110 valence electrons. The lowest BCUT2D eigenvalue weighted by Crippen LogP contribution is -2.06. The van der Waals surface area contributed by atoms with Crippen molar-refractivity contribution in [1.82, 2.24) is 0 Å². The number of carbonyl (C=O) groups excluding carboxylic acids is 1. The van der Waals surface area contributed by atoms with Gasteiger partial charge in [0, 0.05) is 12.2 Å². The summed E-state index contributed by atoms with van der Waals surface area (Å²) in [6, 6.07) is 11.5. The number of hydrogen-bond acceptors (Lipinski definition) is 3. The fourth-order valence-corrected chi connectivity index (χ4v) is 2.41. The molecule has 0 bridgehead atoms. The van der Waals surface area contributed by atoms with Crippen LogP contribution in [0.4, 0.5) is 5.69 Å². The fourth-order valence-electron chi connectivity index (χ4n) is 2.22. The van der Waals surface area contributed by atoms with Crippen LogP contribution in [0.1, 0.15) is 27.0 Å². The van der Waals surface area contributed by atoms with Crippen LogP contribution in [0.2, 0.25) is 5.02 Å². The molecule has 0 spiro atoms. The van der Waals surface area contributed by atoms with E-state index in [0.717, 1.165) is 5.69 Å². The molecule has 0 aliphatic rings. The van der Waals surface area contributed by atoms with Gasteiger partial charge in [-0.2, -0.15) is 0 Å². The summed E-state index contributed by atoms with van der Waals surface area (Å²) in [7, 11) is 1.34. The molecular formula is C17H18ClNO2. The highest BCUT2D eigenvalue weighted by Crippen LogP contribution is 2.22. The van der Waals surface area contributed by atoms with E-state index in [4.69, 9.17) is 16.3 Å². The summed E-state index contributed by atoms with van der Waals surface area (Å²) in [5.41, 5.74) is 4.94. The second-order valence-electron chi connectivity index (χ2n) is 4.91. The minimum absolute atomic E-state index is 0.366. The molecule has 1 N–H and O–H groups in total. The van der Waals surface area contributed by atoms with Crippen molar-refractivity contribution in [1.29, 1.82) is 0 Å². The SMILES string of the molecule is COC(=O)c1cc(NCc2c(C)cccc2C)ccc1Cl. The van der Waals surface area contributed by atoms with Crippen molar-refractivity contribution in [2.24, 2.45) is 0 Å². The number of methoxy groups -OCH3 is 1. The molecule has 3 nitrogen and oxygen atoms in total. The average molecular weight is 304 g/mol. The molecule has 0 fully saturated rings. The lowest BCUT2D eigenvalue weighted by Gasteiger charge is -2.13. The van der Waals surface area contributed by atoms with E-state index in [1.807, 2.05) is 12.1 Å². The van der Waals surface area contributed by atoms with Gasteiger partial charge in [-0.25, -0.2) is 4.79 Å². The van der Waals surface area contributed by atoms with Gasteiger partial charge in [-0.15, -0.1) is 0 Å². The molecule has 4 heteroatoms. The van der Waals surface area contributed by atoms with E-state index in [2.05, 4.69) is 31.3 Å². The number of rotatable bonds is 4. The molecule has 0 heterocycles. The maximum atomic E-state index is 11.6. The lowest BCUT2D eigenvalue weighted by molar-refractivity contribution is 0.0601. The minimum Gasteiger partial charge on any atom is -0.465 e. The van der Waals surface area contributed by atoms with Crippen LogP contribution in [0.5, 0.6) is 0 Å². The zero-order valence-corrected chi connectivity index (χ0v) is 13.1. The second kappa shape index (κ2) is 6.64.